The first kappa shape index (κ1) is 14.0. The molecule has 1 amide bonds. The van der Waals surface area contributed by atoms with Crippen LogP contribution in [0.4, 0.5) is 0 Å². The topological polar surface area (TPSA) is 55.6 Å². The molecule has 0 bridgehead atoms. The minimum Gasteiger partial charge on any atom is -0.405 e. The molecule has 0 aromatic carbocycles. The van der Waals surface area contributed by atoms with Gasteiger partial charge in [-0.15, -0.1) is 0 Å². The number of rotatable bonds is 3. The Balaban J connectivity index is 2.04. The Kier molecular flexibility index (Phi) is 3.36. The molecule has 18 heavy (non-hydrogen) atoms. The van der Waals surface area contributed by atoms with E-state index in [1.54, 1.807) is 0 Å². The molecule has 0 aromatic rings. The Morgan fingerprint density at radius 1 is 1.33 bits per heavy atom. The van der Waals surface area contributed by atoms with Gasteiger partial charge < -0.3 is 4.43 Å². The molecule has 0 aromatic heterocycles. The fraction of sp³-hybridized carbons (Fsp3) is 0.923. The number of hydrogen-bond acceptors (Lipinski definition) is 3. The second-order valence-electron chi connectivity index (χ2n) is 7.25. The van der Waals surface area contributed by atoms with Gasteiger partial charge in [-0.2, -0.15) is 0 Å². The van der Waals surface area contributed by atoms with Crippen LogP contribution in [0.2, 0.25) is 18.1 Å². The highest BCUT2D eigenvalue weighted by atomic mass is 28.4. The first-order chi connectivity index (χ1) is 8.13. The molecule has 2 unspecified atom stereocenters. The number of hydrazine groups is 1. The summed E-state index contributed by atoms with van der Waals surface area (Å²) in [4.78, 5) is 12.2. The smallest absolute Gasteiger partial charge is 0.264 e. The summed E-state index contributed by atoms with van der Waals surface area (Å²) in [5.74, 6) is 6.50. The Labute approximate surface area is 111 Å². The van der Waals surface area contributed by atoms with Gasteiger partial charge in [0.25, 0.3) is 5.91 Å². The molecule has 2 N–H and O–H groups in total. The van der Waals surface area contributed by atoms with Crippen molar-refractivity contribution in [2.45, 2.75) is 70.3 Å². The maximum absolute atomic E-state index is 12.2. The van der Waals surface area contributed by atoms with Crippen LogP contribution in [0.25, 0.3) is 0 Å². The highest BCUT2D eigenvalue weighted by Gasteiger charge is 2.49. The molecule has 2 aliphatic rings. The molecular formula is C13H26N2O2Si. The van der Waals surface area contributed by atoms with Crippen LogP contribution in [0.15, 0.2) is 0 Å². The lowest BCUT2D eigenvalue weighted by atomic mass is 10.1. The van der Waals surface area contributed by atoms with E-state index in [9.17, 15) is 4.79 Å². The predicted molar refractivity (Wildman–Crippen MR) is 74.2 cm³/mol. The van der Waals surface area contributed by atoms with Crippen LogP contribution in [-0.4, -0.2) is 31.4 Å². The summed E-state index contributed by atoms with van der Waals surface area (Å²) in [6, 6.07) is 0.215. The van der Waals surface area contributed by atoms with Crippen molar-refractivity contribution in [1.82, 2.24) is 5.01 Å². The van der Waals surface area contributed by atoms with Gasteiger partial charge >= 0.3 is 0 Å². The molecule has 5 heteroatoms. The van der Waals surface area contributed by atoms with Crippen molar-refractivity contribution in [3.05, 3.63) is 0 Å². The van der Waals surface area contributed by atoms with Gasteiger partial charge in [-0.1, -0.05) is 20.8 Å². The zero-order chi connectivity index (χ0) is 13.7. The molecule has 0 spiro atoms. The Hall–Kier alpha value is -0.393. The summed E-state index contributed by atoms with van der Waals surface area (Å²) >= 11 is 0. The molecule has 1 saturated carbocycles. The molecule has 4 nitrogen and oxygen atoms in total. The molecule has 1 aliphatic heterocycles. The molecule has 1 aliphatic carbocycles. The van der Waals surface area contributed by atoms with Crippen molar-refractivity contribution >= 4 is 14.2 Å². The summed E-state index contributed by atoms with van der Waals surface area (Å²) in [6.45, 7) is 10.9. The van der Waals surface area contributed by atoms with Gasteiger partial charge in [-0.05, 0) is 36.9 Å². The number of hydrogen-bond donors (Lipinski definition) is 1. The maximum Gasteiger partial charge on any atom is 0.264 e. The average molecular weight is 270 g/mol. The SMILES string of the molecule is CC(C)(C)[Si](C)(C)OC1CC(C2CC2)N(N)C1=O. The van der Waals surface area contributed by atoms with Crippen molar-refractivity contribution in [2.75, 3.05) is 0 Å². The molecule has 0 radical (unpaired) electrons. The van der Waals surface area contributed by atoms with Crippen molar-refractivity contribution in [2.24, 2.45) is 11.8 Å². The van der Waals surface area contributed by atoms with E-state index in [1.807, 2.05) is 0 Å². The summed E-state index contributed by atoms with van der Waals surface area (Å²) in [7, 11) is -1.89. The van der Waals surface area contributed by atoms with E-state index in [0.29, 0.717) is 5.92 Å². The quantitative estimate of drug-likeness (QED) is 0.486. The van der Waals surface area contributed by atoms with Gasteiger partial charge in [0.1, 0.15) is 6.10 Å². The van der Waals surface area contributed by atoms with Gasteiger partial charge in [0.2, 0.25) is 0 Å². The summed E-state index contributed by atoms with van der Waals surface area (Å²) in [6.07, 6.45) is 2.89. The lowest BCUT2D eigenvalue weighted by Crippen LogP contribution is -2.47. The van der Waals surface area contributed by atoms with Gasteiger partial charge in [-0.25, -0.2) is 5.84 Å². The molecule has 2 fully saturated rings. The first-order valence-corrected chi connectivity index (χ1v) is 9.80. The molecule has 104 valence electrons. The van der Waals surface area contributed by atoms with Gasteiger partial charge in [-0.3, -0.25) is 9.80 Å². The van der Waals surface area contributed by atoms with E-state index in [0.717, 1.165) is 6.42 Å². The van der Waals surface area contributed by atoms with E-state index in [4.69, 9.17) is 10.3 Å². The van der Waals surface area contributed by atoms with Crippen LogP contribution in [0.3, 0.4) is 0 Å². The standard InChI is InChI=1S/C13H26N2O2Si/c1-13(2,3)18(4,5)17-11-8-10(9-6-7-9)15(14)12(11)16/h9-11H,6-8,14H2,1-5H3. The fourth-order valence-electron chi connectivity index (χ4n) is 2.29. The van der Waals surface area contributed by atoms with Crippen LogP contribution in [-0.2, 0) is 9.22 Å². The number of nitrogens with two attached hydrogens (primary N) is 1. The third-order valence-corrected chi connectivity index (χ3v) is 9.24. The summed E-state index contributed by atoms with van der Waals surface area (Å²) < 4.78 is 6.22. The van der Waals surface area contributed by atoms with E-state index in [-0.39, 0.29) is 23.1 Å². The minimum atomic E-state index is -1.89. The number of carbonyl (C=O) groups excluding carboxylic acids is 1. The van der Waals surface area contributed by atoms with Crippen LogP contribution in [0.1, 0.15) is 40.0 Å². The lowest BCUT2D eigenvalue weighted by molar-refractivity contribution is -0.135. The van der Waals surface area contributed by atoms with Crippen molar-refractivity contribution in [3.8, 4) is 0 Å². The van der Waals surface area contributed by atoms with E-state index in [2.05, 4.69) is 33.9 Å². The third-order valence-electron chi connectivity index (χ3n) is 4.75. The predicted octanol–water partition coefficient (Wildman–Crippen LogP) is 2.26. The first-order valence-electron chi connectivity index (χ1n) is 6.89. The molecular weight excluding hydrogens is 244 g/mol. The number of nitrogens with zero attached hydrogens (tertiary/aromatic N) is 1. The van der Waals surface area contributed by atoms with Crippen molar-refractivity contribution in [3.63, 3.8) is 0 Å². The maximum atomic E-state index is 12.2. The van der Waals surface area contributed by atoms with E-state index in [1.165, 1.54) is 17.9 Å². The third kappa shape index (κ3) is 2.48. The largest absolute Gasteiger partial charge is 0.405 e. The van der Waals surface area contributed by atoms with E-state index >= 15 is 0 Å². The fourth-order valence-corrected chi connectivity index (χ4v) is 3.56. The number of amides is 1. The van der Waals surface area contributed by atoms with Crippen LogP contribution in [0.5, 0.6) is 0 Å². The Morgan fingerprint density at radius 2 is 1.89 bits per heavy atom. The van der Waals surface area contributed by atoms with Crippen LogP contribution in [0, 0.1) is 5.92 Å². The highest BCUT2D eigenvalue weighted by molar-refractivity contribution is 6.74. The summed E-state index contributed by atoms with van der Waals surface area (Å²) in [5.41, 5.74) is 0. The second kappa shape index (κ2) is 4.32. The van der Waals surface area contributed by atoms with Crippen molar-refractivity contribution in [1.29, 1.82) is 0 Å². The minimum absolute atomic E-state index is 0.0169. The monoisotopic (exact) mass is 270 g/mol. The average Bonchev–Trinajstić information content (AvgIpc) is 3.00. The van der Waals surface area contributed by atoms with Crippen molar-refractivity contribution < 1.29 is 9.22 Å². The molecule has 2 rings (SSSR count). The van der Waals surface area contributed by atoms with Gasteiger partial charge in [0.05, 0.1) is 6.04 Å². The van der Waals surface area contributed by atoms with Crippen LogP contribution < -0.4 is 5.84 Å². The number of carbonyl (C=O) groups is 1. The van der Waals surface area contributed by atoms with Gasteiger partial charge in [0.15, 0.2) is 8.32 Å². The van der Waals surface area contributed by atoms with Gasteiger partial charge in [0, 0.05) is 6.42 Å². The Morgan fingerprint density at radius 3 is 2.33 bits per heavy atom. The molecule has 1 heterocycles. The lowest BCUT2D eigenvalue weighted by Gasteiger charge is -2.37. The summed E-state index contributed by atoms with van der Waals surface area (Å²) in [5, 5.41) is 1.57. The normalized spacial score (nSPS) is 30.1. The highest BCUT2D eigenvalue weighted by Crippen LogP contribution is 2.43. The molecule has 1 saturated heterocycles. The zero-order valence-corrected chi connectivity index (χ0v) is 13.2. The molecule has 2 atom stereocenters. The Bertz CT molecular complexity index is 347. The zero-order valence-electron chi connectivity index (χ0n) is 12.2. The van der Waals surface area contributed by atoms with Crippen LogP contribution >= 0.6 is 0 Å². The van der Waals surface area contributed by atoms with E-state index < -0.39 is 8.32 Å². The second-order valence-corrected chi connectivity index (χ2v) is 12.0.